The zero-order valence-electron chi connectivity index (χ0n) is 14.1. The summed E-state index contributed by atoms with van der Waals surface area (Å²) in [7, 11) is 0. The summed E-state index contributed by atoms with van der Waals surface area (Å²) in [6, 6.07) is 4.92. The lowest BCUT2D eigenvalue weighted by Gasteiger charge is -2.17. The molecule has 1 rings (SSSR count). The van der Waals surface area contributed by atoms with Crippen molar-refractivity contribution in [2.75, 3.05) is 6.61 Å². The highest BCUT2D eigenvalue weighted by molar-refractivity contribution is 6.35. The largest absolute Gasteiger partial charge is 0.477 e. The van der Waals surface area contributed by atoms with E-state index in [4.69, 9.17) is 32.7 Å². The lowest BCUT2D eigenvalue weighted by atomic mass is 10.1. The maximum absolute atomic E-state index is 12.1. The molecular formula is C18H26Cl2O3. The smallest absolute Gasteiger partial charge is 0.347 e. The van der Waals surface area contributed by atoms with Crippen molar-refractivity contribution in [1.82, 2.24) is 0 Å². The molecule has 0 spiro atoms. The first-order valence-corrected chi connectivity index (χ1v) is 8.98. The molecule has 0 heterocycles. The van der Waals surface area contributed by atoms with E-state index in [9.17, 15) is 4.79 Å². The molecule has 0 N–H and O–H groups in total. The maximum atomic E-state index is 12.1. The van der Waals surface area contributed by atoms with Crippen LogP contribution in [0, 0.1) is 5.92 Å². The van der Waals surface area contributed by atoms with Gasteiger partial charge in [0.1, 0.15) is 5.75 Å². The van der Waals surface area contributed by atoms with Crippen LogP contribution in [0.25, 0.3) is 0 Å². The lowest BCUT2D eigenvalue weighted by Crippen LogP contribution is -2.29. The Balaban J connectivity index is 2.37. The first-order chi connectivity index (χ1) is 10.9. The second-order valence-electron chi connectivity index (χ2n) is 6.00. The van der Waals surface area contributed by atoms with Crippen molar-refractivity contribution in [2.24, 2.45) is 5.92 Å². The molecule has 23 heavy (non-hydrogen) atoms. The first kappa shape index (κ1) is 20.1. The Morgan fingerprint density at radius 3 is 2.52 bits per heavy atom. The van der Waals surface area contributed by atoms with Gasteiger partial charge in [0.05, 0.1) is 11.6 Å². The molecule has 0 saturated heterocycles. The van der Waals surface area contributed by atoms with E-state index in [1.54, 1.807) is 18.2 Å². The Labute approximate surface area is 149 Å². The number of carbonyl (C=O) groups excluding carboxylic acids is 1. The van der Waals surface area contributed by atoms with Crippen LogP contribution in [-0.4, -0.2) is 18.7 Å². The summed E-state index contributed by atoms with van der Waals surface area (Å²) in [4.78, 5) is 12.1. The summed E-state index contributed by atoms with van der Waals surface area (Å²) in [5.74, 6) is 0.818. The van der Waals surface area contributed by atoms with Gasteiger partial charge in [0.2, 0.25) is 0 Å². The van der Waals surface area contributed by atoms with Crippen molar-refractivity contribution >= 4 is 29.2 Å². The quantitative estimate of drug-likeness (QED) is 0.384. The fourth-order valence-corrected chi connectivity index (χ4v) is 2.57. The fourth-order valence-electron chi connectivity index (χ4n) is 2.12. The maximum Gasteiger partial charge on any atom is 0.347 e. The highest BCUT2D eigenvalue weighted by Crippen LogP contribution is 2.28. The first-order valence-electron chi connectivity index (χ1n) is 8.22. The van der Waals surface area contributed by atoms with Crippen molar-refractivity contribution in [3.8, 4) is 5.75 Å². The average molecular weight is 361 g/mol. The van der Waals surface area contributed by atoms with Crippen LogP contribution >= 0.6 is 23.2 Å². The number of hydrogen-bond acceptors (Lipinski definition) is 3. The molecule has 1 atom stereocenters. The van der Waals surface area contributed by atoms with E-state index in [1.165, 1.54) is 12.8 Å². The molecular weight excluding hydrogens is 335 g/mol. The molecule has 0 saturated carbocycles. The van der Waals surface area contributed by atoms with Gasteiger partial charge < -0.3 is 9.47 Å². The highest BCUT2D eigenvalue weighted by Gasteiger charge is 2.21. The van der Waals surface area contributed by atoms with Crippen molar-refractivity contribution in [3.63, 3.8) is 0 Å². The zero-order valence-corrected chi connectivity index (χ0v) is 15.6. The number of hydrogen-bond donors (Lipinski definition) is 0. The van der Waals surface area contributed by atoms with Gasteiger partial charge in [0.25, 0.3) is 0 Å². The van der Waals surface area contributed by atoms with Gasteiger partial charge in [-0.2, -0.15) is 0 Å². The van der Waals surface area contributed by atoms with Crippen molar-refractivity contribution in [3.05, 3.63) is 28.2 Å². The normalized spacial score (nSPS) is 12.3. The SMILES string of the molecule is CCC(Oc1ccc(Cl)cc1Cl)C(=O)OCCCCCC(C)C. The number of rotatable bonds is 10. The molecule has 0 bridgehead atoms. The lowest BCUT2D eigenvalue weighted by molar-refractivity contribution is -0.152. The van der Waals surface area contributed by atoms with E-state index in [0.717, 1.165) is 18.8 Å². The summed E-state index contributed by atoms with van der Waals surface area (Å²) >= 11 is 11.9. The molecule has 0 aliphatic heterocycles. The number of esters is 1. The second-order valence-corrected chi connectivity index (χ2v) is 6.84. The number of ether oxygens (including phenoxy) is 2. The molecule has 0 radical (unpaired) electrons. The number of carbonyl (C=O) groups is 1. The molecule has 3 nitrogen and oxygen atoms in total. The van der Waals surface area contributed by atoms with Crippen molar-refractivity contribution in [2.45, 2.75) is 59.0 Å². The van der Waals surface area contributed by atoms with Crippen molar-refractivity contribution < 1.29 is 14.3 Å². The van der Waals surface area contributed by atoms with Crippen LogP contribution in [0.3, 0.4) is 0 Å². The van der Waals surface area contributed by atoms with Gasteiger partial charge in [0.15, 0.2) is 6.10 Å². The Hall–Kier alpha value is -0.930. The molecule has 130 valence electrons. The van der Waals surface area contributed by atoms with Crippen LogP contribution in [0.1, 0.15) is 52.9 Å². The van der Waals surface area contributed by atoms with Gasteiger partial charge in [-0.25, -0.2) is 4.79 Å². The van der Waals surface area contributed by atoms with Crippen molar-refractivity contribution in [1.29, 1.82) is 0 Å². The monoisotopic (exact) mass is 360 g/mol. The molecule has 1 aromatic rings. The van der Waals surface area contributed by atoms with E-state index in [0.29, 0.717) is 28.8 Å². The molecule has 0 fully saturated rings. The second kappa shape index (κ2) is 10.8. The minimum atomic E-state index is -0.649. The van der Waals surface area contributed by atoms with Gasteiger partial charge in [-0.1, -0.05) is 63.2 Å². The standard InChI is InChI=1S/C18H26Cl2O3/c1-4-16(23-17-10-9-14(19)12-15(17)20)18(21)22-11-7-5-6-8-13(2)3/h9-10,12-13,16H,4-8,11H2,1-3H3. The van der Waals surface area contributed by atoms with E-state index in [2.05, 4.69) is 13.8 Å². The third-order valence-electron chi connectivity index (χ3n) is 3.47. The van der Waals surface area contributed by atoms with Gasteiger partial charge in [-0.15, -0.1) is 0 Å². The summed E-state index contributed by atoms with van der Waals surface area (Å²) < 4.78 is 11.0. The Kier molecular flexibility index (Phi) is 9.42. The molecule has 0 aliphatic rings. The van der Waals surface area contributed by atoms with Gasteiger partial charge in [-0.3, -0.25) is 0 Å². The van der Waals surface area contributed by atoms with Crippen LogP contribution in [0.2, 0.25) is 10.0 Å². The number of halogens is 2. The Morgan fingerprint density at radius 2 is 1.91 bits per heavy atom. The third-order valence-corrected chi connectivity index (χ3v) is 4.00. The summed E-state index contributed by atoms with van der Waals surface area (Å²) in [5, 5.41) is 0.914. The molecule has 5 heteroatoms. The fraction of sp³-hybridized carbons (Fsp3) is 0.611. The average Bonchev–Trinajstić information content (AvgIpc) is 2.49. The topological polar surface area (TPSA) is 35.5 Å². The van der Waals surface area contributed by atoms with Gasteiger partial charge in [0, 0.05) is 5.02 Å². The van der Waals surface area contributed by atoms with E-state index < -0.39 is 6.10 Å². The molecule has 0 aromatic heterocycles. The van der Waals surface area contributed by atoms with E-state index in [-0.39, 0.29) is 5.97 Å². The van der Waals surface area contributed by atoms with Gasteiger partial charge in [-0.05, 0) is 37.0 Å². The molecule has 1 aromatic carbocycles. The van der Waals surface area contributed by atoms with Gasteiger partial charge >= 0.3 is 5.97 Å². The Bertz CT molecular complexity index is 489. The predicted octanol–water partition coefficient (Wildman–Crippen LogP) is 5.91. The van der Waals surface area contributed by atoms with Crippen LogP contribution < -0.4 is 4.74 Å². The molecule has 1 unspecified atom stereocenters. The molecule has 0 amide bonds. The van der Waals surface area contributed by atoms with Crippen LogP contribution in [-0.2, 0) is 9.53 Å². The number of unbranched alkanes of at least 4 members (excludes halogenated alkanes) is 2. The third kappa shape index (κ3) is 7.94. The predicted molar refractivity (Wildman–Crippen MR) is 95.4 cm³/mol. The number of benzene rings is 1. The van der Waals surface area contributed by atoms with Crippen LogP contribution in [0.4, 0.5) is 0 Å². The zero-order chi connectivity index (χ0) is 17.2. The minimum absolute atomic E-state index is 0.345. The van der Waals surface area contributed by atoms with Crippen LogP contribution in [0.15, 0.2) is 18.2 Å². The minimum Gasteiger partial charge on any atom is -0.477 e. The Morgan fingerprint density at radius 1 is 1.17 bits per heavy atom. The highest BCUT2D eigenvalue weighted by atomic mass is 35.5. The van der Waals surface area contributed by atoms with Crippen LogP contribution in [0.5, 0.6) is 5.75 Å². The summed E-state index contributed by atoms with van der Waals surface area (Å²) in [5.41, 5.74) is 0. The van der Waals surface area contributed by atoms with E-state index >= 15 is 0 Å². The summed E-state index contributed by atoms with van der Waals surface area (Å²) in [6.07, 6.45) is 4.21. The molecule has 0 aliphatic carbocycles. The van der Waals surface area contributed by atoms with E-state index in [1.807, 2.05) is 6.92 Å². The summed E-state index contributed by atoms with van der Waals surface area (Å²) in [6.45, 7) is 6.74.